The molecule has 0 aliphatic heterocycles. The molecule has 2 rings (SSSR count). The quantitative estimate of drug-likeness (QED) is 0.621. The second kappa shape index (κ2) is 7.26. The molecule has 25 heavy (non-hydrogen) atoms. The lowest BCUT2D eigenvalue weighted by atomic mass is 10.3. The van der Waals surface area contributed by atoms with Crippen molar-refractivity contribution in [2.45, 2.75) is 0 Å². The minimum atomic E-state index is -3.86. The topological polar surface area (TPSA) is 110 Å². The first-order valence-corrected chi connectivity index (χ1v) is 8.79. The Hall–Kier alpha value is -3.01. The van der Waals surface area contributed by atoms with E-state index in [0.29, 0.717) is 5.69 Å². The zero-order valence-electron chi connectivity index (χ0n) is 13.0. The second-order valence-corrected chi connectivity index (χ2v) is 7.01. The molecule has 0 heterocycles. The highest BCUT2D eigenvalue weighted by molar-refractivity contribution is 7.92. The number of amides is 1. The molecule has 0 saturated carbocycles. The molecule has 8 nitrogen and oxygen atoms in total. The summed E-state index contributed by atoms with van der Waals surface area (Å²) in [5.74, 6) is -1.16. The third kappa shape index (κ3) is 4.98. The third-order valence-corrected chi connectivity index (χ3v) is 4.28. The Morgan fingerprint density at radius 3 is 2.44 bits per heavy atom. The van der Waals surface area contributed by atoms with Gasteiger partial charge in [0, 0.05) is 17.8 Å². The Bertz CT molecular complexity index is 900. The predicted octanol–water partition coefficient (Wildman–Crippen LogP) is 2.14. The normalized spacial score (nSPS) is 11.0. The molecule has 2 aromatic rings. The number of nitrogens with one attached hydrogen (secondary N) is 1. The number of halogens is 1. The number of nitrogens with zero attached hydrogens (tertiary/aromatic N) is 2. The fourth-order valence-electron chi connectivity index (χ4n) is 2.03. The van der Waals surface area contributed by atoms with Gasteiger partial charge in [-0.05, 0) is 30.3 Å². The van der Waals surface area contributed by atoms with E-state index in [0.717, 1.165) is 28.8 Å². The van der Waals surface area contributed by atoms with Crippen molar-refractivity contribution in [1.29, 1.82) is 0 Å². The van der Waals surface area contributed by atoms with Crippen LogP contribution in [0.1, 0.15) is 0 Å². The lowest BCUT2D eigenvalue weighted by molar-refractivity contribution is -0.384. The number of anilines is 2. The van der Waals surface area contributed by atoms with Gasteiger partial charge in [0.1, 0.15) is 12.4 Å². The Morgan fingerprint density at radius 2 is 1.88 bits per heavy atom. The molecule has 0 bridgehead atoms. The number of sulfonamides is 1. The van der Waals surface area contributed by atoms with Crippen LogP contribution in [0, 0.1) is 15.9 Å². The Kier molecular flexibility index (Phi) is 5.32. The molecule has 2 aromatic carbocycles. The highest BCUT2D eigenvalue weighted by atomic mass is 32.2. The summed E-state index contributed by atoms with van der Waals surface area (Å²) in [6.45, 7) is -0.586. The highest BCUT2D eigenvalue weighted by Gasteiger charge is 2.22. The van der Waals surface area contributed by atoms with Crippen LogP contribution in [0.2, 0.25) is 0 Å². The van der Waals surface area contributed by atoms with Crippen molar-refractivity contribution in [3.05, 3.63) is 64.5 Å². The summed E-state index contributed by atoms with van der Waals surface area (Å²) >= 11 is 0. The molecule has 0 aromatic heterocycles. The van der Waals surface area contributed by atoms with Crippen LogP contribution in [0.4, 0.5) is 21.5 Å². The van der Waals surface area contributed by atoms with Crippen molar-refractivity contribution >= 4 is 33.0 Å². The van der Waals surface area contributed by atoms with Gasteiger partial charge in [0.05, 0.1) is 16.9 Å². The van der Waals surface area contributed by atoms with E-state index in [1.165, 1.54) is 30.3 Å². The molecule has 0 atom stereocenters. The summed E-state index contributed by atoms with van der Waals surface area (Å²) in [6.07, 6.45) is 0.886. The van der Waals surface area contributed by atoms with Gasteiger partial charge in [-0.1, -0.05) is 6.07 Å². The lowest BCUT2D eigenvalue weighted by Crippen LogP contribution is -2.37. The number of carbonyl (C=O) groups excluding carboxylic acids is 1. The van der Waals surface area contributed by atoms with E-state index in [9.17, 15) is 27.7 Å². The molecule has 0 unspecified atom stereocenters. The van der Waals surface area contributed by atoms with Crippen molar-refractivity contribution < 1.29 is 22.5 Å². The van der Waals surface area contributed by atoms with Crippen molar-refractivity contribution in [2.75, 3.05) is 22.4 Å². The third-order valence-electron chi connectivity index (χ3n) is 3.14. The minimum absolute atomic E-state index is 0.00837. The van der Waals surface area contributed by atoms with Crippen molar-refractivity contribution in [3.8, 4) is 0 Å². The number of non-ortho nitro benzene ring substituents is 1. The second-order valence-electron chi connectivity index (χ2n) is 5.10. The zero-order chi connectivity index (χ0) is 18.6. The lowest BCUT2D eigenvalue weighted by Gasteiger charge is -2.21. The van der Waals surface area contributed by atoms with Gasteiger partial charge in [-0.3, -0.25) is 19.2 Å². The van der Waals surface area contributed by atoms with Crippen LogP contribution in [-0.4, -0.2) is 32.0 Å². The van der Waals surface area contributed by atoms with Crippen LogP contribution in [0.15, 0.2) is 48.5 Å². The monoisotopic (exact) mass is 367 g/mol. The van der Waals surface area contributed by atoms with E-state index < -0.39 is 33.2 Å². The fourth-order valence-corrected chi connectivity index (χ4v) is 2.87. The average Bonchev–Trinajstić information content (AvgIpc) is 2.54. The molecule has 0 radical (unpaired) electrons. The molecule has 132 valence electrons. The first-order valence-electron chi connectivity index (χ1n) is 6.94. The average molecular weight is 367 g/mol. The molecule has 0 saturated heterocycles. The summed E-state index contributed by atoms with van der Waals surface area (Å²) in [5, 5.41) is 13.3. The number of nitro groups is 1. The van der Waals surface area contributed by atoms with E-state index in [2.05, 4.69) is 5.32 Å². The van der Waals surface area contributed by atoms with Crippen LogP contribution in [0.5, 0.6) is 0 Å². The smallest absolute Gasteiger partial charge is 0.271 e. The van der Waals surface area contributed by atoms with Gasteiger partial charge < -0.3 is 5.32 Å². The molecule has 0 aliphatic carbocycles. The Labute approximate surface area is 143 Å². The van der Waals surface area contributed by atoms with E-state index in [-0.39, 0.29) is 11.4 Å². The van der Waals surface area contributed by atoms with Gasteiger partial charge in [-0.15, -0.1) is 0 Å². The summed E-state index contributed by atoms with van der Waals surface area (Å²) in [4.78, 5) is 22.3. The predicted molar refractivity (Wildman–Crippen MR) is 90.3 cm³/mol. The SMILES string of the molecule is CS(=O)(=O)N(CC(=O)Nc1ccc(F)cc1)c1cccc([N+](=O)[O-])c1. The number of benzene rings is 2. The van der Waals surface area contributed by atoms with Crippen LogP contribution < -0.4 is 9.62 Å². The highest BCUT2D eigenvalue weighted by Crippen LogP contribution is 2.23. The van der Waals surface area contributed by atoms with Crippen LogP contribution in [-0.2, 0) is 14.8 Å². The van der Waals surface area contributed by atoms with Crippen molar-refractivity contribution in [2.24, 2.45) is 0 Å². The summed E-state index contributed by atoms with van der Waals surface area (Å²) in [5.41, 5.74) is -0.0186. The summed E-state index contributed by atoms with van der Waals surface area (Å²) in [7, 11) is -3.86. The standard InChI is InChI=1S/C15H14FN3O5S/c1-25(23,24)18(13-3-2-4-14(9-13)19(21)22)10-15(20)17-12-7-5-11(16)6-8-12/h2-9H,10H2,1H3,(H,17,20). The van der Waals surface area contributed by atoms with Gasteiger partial charge in [0.2, 0.25) is 15.9 Å². The van der Waals surface area contributed by atoms with Crippen LogP contribution in [0.25, 0.3) is 0 Å². The fraction of sp³-hybridized carbons (Fsp3) is 0.133. The molecule has 0 fully saturated rings. The van der Waals surface area contributed by atoms with Gasteiger partial charge >= 0.3 is 0 Å². The van der Waals surface area contributed by atoms with Gasteiger partial charge in [-0.25, -0.2) is 12.8 Å². The molecule has 0 aliphatic rings. The van der Waals surface area contributed by atoms with Crippen LogP contribution in [0.3, 0.4) is 0 Å². The van der Waals surface area contributed by atoms with E-state index >= 15 is 0 Å². The van der Waals surface area contributed by atoms with Crippen molar-refractivity contribution in [1.82, 2.24) is 0 Å². The molecule has 0 spiro atoms. The molecular formula is C15H14FN3O5S. The molecular weight excluding hydrogens is 353 g/mol. The largest absolute Gasteiger partial charge is 0.325 e. The maximum atomic E-state index is 12.9. The number of rotatable bonds is 6. The van der Waals surface area contributed by atoms with Gasteiger partial charge in [-0.2, -0.15) is 0 Å². The number of hydrogen-bond acceptors (Lipinski definition) is 5. The summed E-state index contributed by atoms with van der Waals surface area (Å²) < 4.78 is 37.6. The van der Waals surface area contributed by atoms with Gasteiger partial charge in [0.15, 0.2) is 0 Å². The zero-order valence-corrected chi connectivity index (χ0v) is 13.9. The van der Waals surface area contributed by atoms with E-state index in [1.807, 2.05) is 0 Å². The van der Waals surface area contributed by atoms with Crippen molar-refractivity contribution in [3.63, 3.8) is 0 Å². The maximum absolute atomic E-state index is 12.9. The number of hydrogen-bond donors (Lipinski definition) is 1. The molecule has 1 amide bonds. The first-order chi connectivity index (χ1) is 11.7. The minimum Gasteiger partial charge on any atom is -0.325 e. The first kappa shape index (κ1) is 18.3. The Balaban J connectivity index is 2.24. The number of nitro benzene ring substituents is 1. The van der Waals surface area contributed by atoms with Crippen LogP contribution >= 0.6 is 0 Å². The van der Waals surface area contributed by atoms with E-state index in [4.69, 9.17) is 0 Å². The van der Waals surface area contributed by atoms with E-state index in [1.54, 1.807) is 0 Å². The van der Waals surface area contributed by atoms with Gasteiger partial charge in [0.25, 0.3) is 5.69 Å². The summed E-state index contributed by atoms with van der Waals surface area (Å²) in [6, 6.07) is 9.88. The maximum Gasteiger partial charge on any atom is 0.271 e. The molecule has 1 N–H and O–H groups in total. The number of carbonyl (C=O) groups is 1. The molecule has 10 heteroatoms. The Morgan fingerprint density at radius 1 is 1.24 bits per heavy atom.